The number of hydrogen-bond donors (Lipinski definition) is 2. The molecule has 2 unspecified atom stereocenters. The number of piperazine rings is 3. The molecule has 5 nitrogen and oxygen atoms in total. The Labute approximate surface area is 127 Å². The van der Waals surface area contributed by atoms with Crippen LogP contribution in [0.15, 0.2) is 24.3 Å². The average Bonchev–Trinajstić information content (AvgIpc) is 2.57. The standard InChI is InChI=1S/C16H26N4O/c1-21-14-5-2-13(3-6-14)4-7-15(18-17)16-12-19-8-10-20(16)11-9-19/h2-3,5-6,15-16,18H,4,7-12,17H2,1H3. The lowest BCUT2D eigenvalue weighted by molar-refractivity contribution is -0.00442. The van der Waals surface area contributed by atoms with Gasteiger partial charge in [0.25, 0.3) is 0 Å². The minimum Gasteiger partial charge on any atom is -0.497 e. The van der Waals surface area contributed by atoms with Crippen molar-refractivity contribution in [2.45, 2.75) is 24.9 Å². The van der Waals surface area contributed by atoms with Crippen LogP contribution in [0.4, 0.5) is 0 Å². The first kappa shape index (κ1) is 14.8. The molecular weight excluding hydrogens is 264 g/mol. The van der Waals surface area contributed by atoms with Gasteiger partial charge in [-0.25, -0.2) is 0 Å². The second kappa shape index (κ2) is 6.75. The molecule has 1 aromatic carbocycles. The Hall–Kier alpha value is -1.14. The number of aryl methyl sites for hydroxylation is 1. The van der Waals surface area contributed by atoms with Gasteiger partial charge in [0, 0.05) is 44.8 Å². The van der Waals surface area contributed by atoms with Crippen LogP contribution in [0, 0.1) is 0 Å². The highest BCUT2D eigenvalue weighted by Crippen LogP contribution is 2.21. The van der Waals surface area contributed by atoms with Crippen LogP contribution in [-0.2, 0) is 6.42 Å². The molecule has 2 bridgehead atoms. The summed E-state index contributed by atoms with van der Waals surface area (Å²) in [6.07, 6.45) is 2.11. The molecule has 3 saturated heterocycles. The predicted octanol–water partition coefficient (Wildman–Crippen LogP) is 0.460. The second-order valence-electron chi connectivity index (χ2n) is 6.06. The summed E-state index contributed by atoms with van der Waals surface area (Å²) in [5.74, 6) is 6.74. The molecule has 3 aliphatic heterocycles. The van der Waals surface area contributed by atoms with Crippen LogP contribution in [0.25, 0.3) is 0 Å². The largest absolute Gasteiger partial charge is 0.497 e. The van der Waals surface area contributed by atoms with E-state index in [1.165, 1.54) is 31.7 Å². The van der Waals surface area contributed by atoms with Crippen molar-refractivity contribution in [1.29, 1.82) is 0 Å². The van der Waals surface area contributed by atoms with E-state index in [2.05, 4.69) is 27.4 Å². The third kappa shape index (κ3) is 3.37. The van der Waals surface area contributed by atoms with Crippen LogP contribution in [0.2, 0.25) is 0 Å². The van der Waals surface area contributed by atoms with Gasteiger partial charge in [0.2, 0.25) is 0 Å². The van der Waals surface area contributed by atoms with E-state index >= 15 is 0 Å². The fourth-order valence-electron chi connectivity index (χ4n) is 3.54. The lowest BCUT2D eigenvalue weighted by Gasteiger charge is -2.50. The summed E-state index contributed by atoms with van der Waals surface area (Å²) >= 11 is 0. The molecule has 21 heavy (non-hydrogen) atoms. The van der Waals surface area contributed by atoms with Gasteiger partial charge in [-0.2, -0.15) is 0 Å². The van der Waals surface area contributed by atoms with Gasteiger partial charge in [-0.1, -0.05) is 12.1 Å². The van der Waals surface area contributed by atoms with Gasteiger partial charge in [0.15, 0.2) is 0 Å². The second-order valence-corrected chi connectivity index (χ2v) is 6.06. The number of rotatable bonds is 6. The lowest BCUT2D eigenvalue weighted by Crippen LogP contribution is -2.67. The molecule has 2 atom stereocenters. The first-order valence-corrected chi connectivity index (χ1v) is 7.85. The number of hydrogen-bond acceptors (Lipinski definition) is 5. The van der Waals surface area contributed by atoms with Crippen LogP contribution in [0.3, 0.4) is 0 Å². The van der Waals surface area contributed by atoms with Gasteiger partial charge < -0.3 is 4.74 Å². The van der Waals surface area contributed by atoms with Gasteiger partial charge in [0.05, 0.1) is 7.11 Å². The number of methoxy groups -OCH3 is 1. The highest BCUT2D eigenvalue weighted by Gasteiger charge is 2.36. The fourth-order valence-corrected chi connectivity index (χ4v) is 3.54. The number of nitrogens with one attached hydrogen (secondary N) is 1. The normalized spacial score (nSPS) is 29.3. The average molecular weight is 290 g/mol. The van der Waals surface area contributed by atoms with E-state index in [-0.39, 0.29) is 0 Å². The first-order chi connectivity index (χ1) is 10.3. The van der Waals surface area contributed by atoms with E-state index in [1.54, 1.807) is 7.11 Å². The fraction of sp³-hybridized carbons (Fsp3) is 0.625. The maximum Gasteiger partial charge on any atom is 0.118 e. The van der Waals surface area contributed by atoms with E-state index < -0.39 is 0 Å². The van der Waals surface area contributed by atoms with E-state index in [4.69, 9.17) is 10.6 Å². The van der Waals surface area contributed by atoms with Crippen molar-refractivity contribution in [1.82, 2.24) is 15.2 Å². The molecule has 0 aliphatic carbocycles. The Morgan fingerprint density at radius 3 is 2.48 bits per heavy atom. The van der Waals surface area contributed by atoms with Crippen molar-refractivity contribution in [3.63, 3.8) is 0 Å². The van der Waals surface area contributed by atoms with Gasteiger partial charge in [0.1, 0.15) is 5.75 Å². The number of ether oxygens (including phenoxy) is 1. The number of fused-ring (bicyclic) bond motifs is 3. The monoisotopic (exact) mass is 290 g/mol. The number of nitrogens with zero attached hydrogens (tertiary/aromatic N) is 2. The Morgan fingerprint density at radius 2 is 1.95 bits per heavy atom. The minimum absolute atomic E-state index is 0.357. The van der Waals surface area contributed by atoms with Crippen LogP contribution in [0.1, 0.15) is 12.0 Å². The summed E-state index contributed by atoms with van der Waals surface area (Å²) in [4.78, 5) is 5.15. The van der Waals surface area contributed by atoms with Gasteiger partial charge in [-0.05, 0) is 30.5 Å². The van der Waals surface area contributed by atoms with Crippen molar-refractivity contribution < 1.29 is 4.74 Å². The summed E-state index contributed by atoms with van der Waals surface area (Å²) in [6.45, 7) is 5.95. The molecule has 0 radical (unpaired) electrons. The Balaban J connectivity index is 1.56. The zero-order valence-corrected chi connectivity index (χ0v) is 12.8. The molecule has 0 spiro atoms. The third-order valence-electron chi connectivity index (χ3n) is 4.90. The summed E-state index contributed by atoms with van der Waals surface area (Å²) in [7, 11) is 1.70. The number of benzene rings is 1. The van der Waals surface area contributed by atoms with Crippen molar-refractivity contribution in [3.8, 4) is 5.75 Å². The zero-order valence-electron chi connectivity index (χ0n) is 12.8. The molecule has 116 valence electrons. The van der Waals surface area contributed by atoms with E-state index in [0.29, 0.717) is 12.1 Å². The molecule has 1 aromatic rings. The lowest BCUT2D eigenvalue weighted by atomic mass is 9.95. The summed E-state index contributed by atoms with van der Waals surface area (Å²) in [5, 5.41) is 0. The summed E-state index contributed by atoms with van der Waals surface area (Å²) in [5.41, 5.74) is 4.40. The molecule has 0 aromatic heterocycles. The predicted molar refractivity (Wildman–Crippen MR) is 84.2 cm³/mol. The Kier molecular flexibility index (Phi) is 4.75. The first-order valence-electron chi connectivity index (χ1n) is 7.85. The summed E-state index contributed by atoms with van der Waals surface area (Å²) in [6, 6.07) is 9.24. The molecule has 4 rings (SSSR count). The van der Waals surface area contributed by atoms with Gasteiger partial charge >= 0.3 is 0 Å². The molecule has 5 heteroatoms. The molecule has 0 amide bonds. The van der Waals surface area contributed by atoms with Crippen LogP contribution >= 0.6 is 0 Å². The highest BCUT2D eigenvalue weighted by molar-refractivity contribution is 5.27. The van der Waals surface area contributed by atoms with Crippen LogP contribution in [-0.4, -0.2) is 61.7 Å². The molecule has 3 heterocycles. The topological polar surface area (TPSA) is 53.8 Å². The molecule has 0 saturated carbocycles. The van der Waals surface area contributed by atoms with Crippen LogP contribution in [0.5, 0.6) is 5.75 Å². The molecule has 3 aliphatic rings. The maximum absolute atomic E-state index is 5.83. The maximum atomic E-state index is 5.83. The zero-order chi connectivity index (χ0) is 14.7. The van der Waals surface area contributed by atoms with E-state index in [1.807, 2.05) is 12.1 Å². The van der Waals surface area contributed by atoms with Gasteiger partial charge in [-0.3, -0.25) is 21.1 Å². The minimum atomic E-state index is 0.357. The molecule has 3 fully saturated rings. The number of nitrogens with two attached hydrogens (primary N) is 1. The van der Waals surface area contributed by atoms with Crippen molar-refractivity contribution >= 4 is 0 Å². The molecular formula is C16H26N4O. The third-order valence-corrected chi connectivity index (χ3v) is 4.90. The number of hydrazine groups is 1. The Morgan fingerprint density at radius 1 is 1.24 bits per heavy atom. The van der Waals surface area contributed by atoms with Crippen molar-refractivity contribution in [2.24, 2.45) is 5.84 Å². The van der Waals surface area contributed by atoms with Crippen LogP contribution < -0.4 is 16.0 Å². The van der Waals surface area contributed by atoms with E-state index in [9.17, 15) is 0 Å². The molecule has 3 N–H and O–H groups in total. The van der Waals surface area contributed by atoms with E-state index in [0.717, 1.165) is 25.1 Å². The summed E-state index contributed by atoms with van der Waals surface area (Å²) < 4.78 is 5.20. The van der Waals surface area contributed by atoms with Gasteiger partial charge in [-0.15, -0.1) is 0 Å². The highest BCUT2D eigenvalue weighted by atomic mass is 16.5. The van der Waals surface area contributed by atoms with Crippen molar-refractivity contribution in [2.75, 3.05) is 39.8 Å². The Bertz CT molecular complexity index is 442. The quantitative estimate of drug-likeness (QED) is 0.589. The SMILES string of the molecule is COc1ccc(CCC(NN)C2CN3CCN2CC3)cc1. The van der Waals surface area contributed by atoms with Crippen molar-refractivity contribution in [3.05, 3.63) is 29.8 Å². The smallest absolute Gasteiger partial charge is 0.118 e.